The zero-order chi connectivity index (χ0) is 20.3. The number of esters is 1. The molecule has 146 valence electrons. The molecule has 0 bridgehead atoms. The number of carbonyl (C=O) groups excluding carboxylic acids is 2. The number of aromatic nitrogens is 4. The maximum atomic E-state index is 12.3. The zero-order valence-electron chi connectivity index (χ0n) is 16.3. The van der Waals surface area contributed by atoms with E-state index in [0.29, 0.717) is 12.3 Å². The summed E-state index contributed by atoms with van der Waals surface area (Å²) >= 11 is 1.47. The number of hydrogen-bond acceptors (Lipinski definition) is 7. The average Bonchev–Trinajstić information content (AvgIpc) is 3.32. The molecule has 3 aromatic rings. The fourth-order valence-electron chi connectivity index (χ4n) is 2.75. The summed E-state index contributed by atoms with van der Waals surface area (Å²) in [7, 11) is 0. The summed E-state index contributed by atoms with van der Waals surface area (Å²) in [6.07, 6.45) is 6.56. The second-order valence-electron chi connectivity index (χ2n) is 6.84. The number of nitrogens with zero attached hydrogens (tertiary/aromatic N) is 4. The van der Waals surface area contributed by atoms with E-state index in [2.05, 4.69) is 15.0 Å². The first-order chi connectivity index (χ1) is 13.3. The van der Waals surface area contributed by atoms with Crippen LogP contribution in [0.1, 0.15) is 42.0 Å². The van der Waals surface area contributed by atoms with Crippen LogP contribution in [0.4, 0.5) is 0 Å². The minimum Gasteiger partial charge on any atom is -0.465 e. The third kappa shape index (κ3) is 4.01. The summed E-state index contributed by atoms with van der Waals surface area (Å²) in [5.41, 5.74) is 1.53. The molecule has 0 saturated heterocycles. The molecule has 0 aliphatic carbocycles. The highest BCUT2D eigenvalue weighted by Crippen LogP contribution is 2.33. The smallest absolute Gasteiger partial charge is 0.317 e. The normalized spacial score (nSPS) is 11.4. The third-order valence-corrected chi connectivity index (χ3v) is 5.59. The highest BCUT2D eigenvalue weighted by molar-refractivity contribution is 7.15. The molecule has 3 rings (SSSR count). The van der Waals surface area contributed by atoms with E-state index in [1.165, 1.54) is 22.2 Å². The fourth-order valence-corrected chi connectivity index (χ4v) is 3.80. The van der Waals surface area contributed by atoms with Gasteiger partial charge in [-0.3, -0.25) is 19.1 Å². The van der Waals surface area contributed by atoms with Crippen molar-refractivity contribution in [2.45, 2.75) is 39.5 Å². The number of rotatable bonds is 6. The van der Waals surface area contributed by atoms with Crippen LogP contribution < -0.4 is 0 Å². The highest BCUT2D eigenvalue weighted by atomic mass is 32.1. The third-order valence-electron chi connectivity index (χ3n) is 4.38. The maximum absolute atomic E-state index is 12.3. The molecule has 7 nitrogen and oxygen atoms in total. The minimum absolute atomic E-state index is 0.0864. The number of ether oxygens (including phenoxy) is 1. The summed E-state index contributed by atoms with van der Waals surface area (Å²) < 4.78 is 6.63. The van der Waals surface area contributed by atoms with Crippen LogP contribution in [-0.4, -0.2) is 38.0 Å². The molecule has 0 saturated carbocycles. The first-order valence-electron chi connectivity index (χ1n) is 8.94. The average molecular weight is 398 g/mol. The van der Waals surface area contributed by atoms with E-state index in [0.717, 1.165) is 21.1 Å². The Hall–Kier alpha value is -2.87. The summed E-state index contributed by atoms with van der Waals surface area (Å²) in [4.78, 5) is 38.4. The molecule has 0 fully saturated rings. The lowest BCUT2D eigenvalue weighted by Crippen LogP contribution is -2.32. The summed E-state index contributed by atoms with van der Waals surface area (Å²) in [5.74, 6) is -0.399. The van der Waals surface area contributed by atoms with Gasteiger partial charge in [-0.1, -0.05) is 0 Å². The molecule has 0 unspecified atom stereocenters. The summed E-state index contributed by atoms with van der Waals surface area (Å²) in [6.45, 7) is 7.61. The predicted molar refractivity (Wildman–Crippen MR) is 106 cm³/mol. The molecule has 0 aliphatic heterocycles. The number of imidazole rings is 1. The van der Waals surface area contributed by atoms with Crippen molar-refractivity contribution in [3.05, 3.63) is 53.4 Å². The Balaban J connectivity index is 1.87. The Labute approximate surface area is 167 Å². The van der Waals surface area contributed by atoms with Crippen molar-refractivity contribution in [3.8, 4) is 10.4 Å². The van der Waals surface area contributed by atoms with Gasteiger partial charge in [0.15, 0.2) is 0 Å². The van der Waals surface area contributed by atoms with Crippen molar-refractivity contribution in [2.75, 3.05) is 6.61 Å². The van der Waals surface area contributed by atoms with Crippen molar-refractivity contribution in [1.82, 2.24) is 19.5 Å². The lowest BCUT2D eigenvalue weighted by molar-refractivity contribution is -0.148. The molecule has 0 radical (unpaired) electrons. The molecule has 0 spiro atoms. The van der Waals surface area contributed by atoms with Crippen LogP contribution >= 0.6 is 11.3 Å². The van der Waals surface area contributed by atoms with E-state index in [-0.39, 0.29) is 18.3 Å². The number of carbonyl (C=O) groups is 2. The van der Waals surface area contributed by atoms with Gasteiger partial charge in [-0.05, 0) is 45.4 Å². The van der Waals surface area contributed by atoms with Gasteiger partial charge < -0.3 is 4.74 Å². The van der Waals surface area contributed by atoms with Crippen LogP contribution in [0, 0.1) is 6.92 Å². The molecule has 3 heterocycles. The van der Waals surface area contributed by atoms with Gasteiger partial charge in [-0.2, -0.15) is 0 Å². The quantitative estimate of drug-likeness (QED) is 0.591. The van der Waals surface area contributed by atoms with Crippen LogP contribution in [-0.2, 0) is 21.4 Å². The molecule has 0 N–H and O–H groups in total. The Bertz CT molecular complexity index is 993. The lowest BCUT2D eigenvalue weighted by atomic mass is 9.88. The van der Waals surface area contributed by atoms with E-state index >= 15 is 0 Å². The predicted octanol–water partition coefficient (Wildman–Crippen LogP) is 3.43. The zero-order valence-corrected chi connectivity index (χ0v) is 17.1. The molecule has 0 aliphatic rings. The van der Waals surface area contributed by atoms with Gasteiger partial charge in [0, 0.05) is 18.6 Å². The highest BCUT2D eigenvalue weighted by Gasteiger charge is 2.33. The Morgan fingerprint density at radius 1 is 1.29 bits per heavy atom. The monoisotopic (exact) mass is 398 g/mol. The van der Waals surface area contributed by atoms with Crippen molar-refractivity contribution in [1.29, 1.82) is 0 Å². The second-order valence-corrected chi connectivity index (χ2v) is 7.92. The fraction of sp³-hybridized carbons (Fsp3) is 0.350. The van der Waals surface area contributed by atoms with Gasteiger partial charge in [0.05, 0.1) is 29.3 Å². The van der Waals surface area contributed by atoms with Gasteiger partial charge in [0.2, 0.25) is 5.91 Å². The number of hydrogen-bond donors (Lipinski definition) is 0. The van der Waals surface area contributed by atoms with E-state index < -0.39 is 5.41 Å². The summed E-state index contributed by atoms with van der Waals surface area (Å²) in [5, 5.41) is 0.731. The molecule has 28 heavy (non-hydrogen) atoms. The van der Waals surface area contributed by atoms with Crippen molar-refractivity contribution < 1.29 is 14.3 Å². The van der Waals surface area contributed by atoms with Gasteiger partial charge >= 0.3 is 5.97 Å². The van der Waals surface area contributed by atoms with E-state index in [9.17, 15) is 9.59 Å². The molecule has 8 heteroatoms. The number of aryl methyl sites for hydroxylation is 1. The van der Waals surface area contributed by atoms with Gasteiger partial charge in [-0.25, -0.2) is 9.97 Å². The molecular weight excluding hydrogens is 376 g/mol. The maximum Gasteiger partial charge on any atom is 0.317 e. The van der Waals surface area contributed by atoms with Gasteiger partial charge in [0.25, 0.3) is 0 Å². The number of thiazole rings is 1. The first kappa shape index (κ1) is 19.9. The van der Waals surface area contributed by atoms with E-state index in [4.69, 9.17) is 4.74 Å². The molecular formula is C20H22N4O3S. The SMILES string of the molecule is CCOC(=O)C(C)(C)c1cc(-c2sc(CC(=O)n3ccnc3)nc2C)ccn1. The van der Waals surface area contributed by atoms with E-state index in [1.807, 2.05) is 19.1 Å². The van der Waals surface area contributed by atoms with E-state index in [1.54, 1.807) is 39.4 Å². The van der Waals surface area contributed by atoms with Crippen molar-refractivity contribution in [3.63, 3.8) is 0 Å². The molecule has 0 amide bonds. The molecule has 3 aromatic heterocycles. The van der Waals surface area contributed by atoms with Gasteiger partial charge in [0.1, 0.15) is 16.7 Å². The topological polar surface area (TPSA) is 87.0 Å². The Morgan fingerprint density at radius 2 is 2.07 bits per heavy atom. The molecule has 0 aromatic carbocycles. The minimum atomic E-state index is -0.856. The lowest BCUT2D eigenvalue weighted by Gasteiger charge is -2.22. The van der Waals surface area contributed by atoms with Crippen LogP contribution in [0.15, 0.2) is 37.1 Å². The van der Waals surface area contributed by atoms with Crippen molar-refractivity contribution >= 4 is 23.2 Å². The van der Waals surface area contributed by atoms with Crippen molar-refractivity contribution in [2.24, 2.45) is 0 Å². The number of pyridine rings is 1. The Kier molecular flexibility index (Phi) is 5.69. The largest absolute Gasteiger partial charge is 0.465 e. The molecule has 0 atom stereocenters. The Morgan fingerprint density at radius 3 is 2.75 bits per heavy atom. The second kappa shape index (κ2) is 8.02. The summed E-state index contributed by atoms with van der Waals surface area (Å²) in [6, 6.07) is 3.77. The standard InChI is InChI=1S/C20H22N4O3S/c1-5-27-19(26)20(3,4)15-10-14(6-7-22-15)18-13(2)23-16(28-18)11-17(25)24-9-8-21-12-24/h6-10,12H,5,11H2,1-4H3. The van der Waals surface area contributed by atoms with Crippen LogP contribution in [0.2, 0.25) is 0 Å². The van der Waals surface area contributed by atoms with Crippen LogP contribution in [0.5, 0.6) is 0 Å². The first-order valence-corrected chi connectivity index (χ1v) is 9.76. The van der Waals surface area contributed by atoms with Crippen LogP contribution in [0.3, 0.4) is 0 Å². The van der Waals surface area contributed by atoms with Crippen LogP contribution in [0.25, 0.3) is 10.4 Å². The van der Waals surface area contributed by atoms with Gasteiger partial charge in [-0.15, -0.1) is 11.3 Å².